The molecule has 0 fully saturated rings. The molecule has 0 aromatic heterocycles. The monoisotopic (exact) mass is 361 g/mol. The molecule has 0 heterocycles. The molecule has 0 amide bonds. The summed E-state index contributed by atoms with van der Waals surface area (Å²) < 4.78 is 32.8. The number of sulfonamides is 1. The van der Waals surface area contributed by atoms with E-state index in [1.54, 1.807) is 61.5 Å². The Morgan fingerprint density at radius 3 is 2.24 bits per heavy atom. The van der Waals surface area contributed by atoms with Gasteiger partial charge in [-0.2, -0.15) is 4.72 Å². The molecule has 2 aromatic carbocycles. The van der Waals surface area contributed by atoms with Crippen molar-refractivity contribution in [3.8, 4) is 0 Å². The number of carbonyl (C=O) groups excluding carboxylic acids is 1. The molecule has 5 nitrogen and oxygen atoms in total. The molecule has 1 atom stereocenters. The van der Waals surface area contributed by atoms with Crippen LogP contribution in [0, 0.1) is 0 Å². The van der Waals surface area contributed by atoms with Crippen LogP contribution in [0.1, 0.15) is 37.4 Å². The number of hydrogen-bond donors (Lipinski definition) is 1. The van der Waals surface area contributed by atoms with Crippen LogP contribution in [0.4, 0.5) is 0 Å². The highest BCUT2D eigenvalue weighted by Crippen LogP contribution is 2.19. The van der Waals surface area contributed by atoms with Gasteiger partial charge in [-0.3, -0.25) is 0 Å². The molecule has 0 aliphatic carbocycles. The number of carbonyl (C=O) groups is 1. The van der Waals surface area contributed by atoms with Crippen molar-refractivity contribution in [1.82, 2.24) is 4.72 Å². The quantitative estimate of drug-likeness (QED) is 0.733. The molecule has 0 saturated heterocycles. The largest absolute Gasteiger partial charge is 0.465 e. The molecular weight excluding hydrogens is 338 g/mol. The van der Waals surface area contributed by atoms with E-state index in [0.717, 1.165) is 18.4 Å². The van der Waals surface area contributed by atoms with Crippen molar-refractivity contribution in [2.75, 3.05) is 6.61 Å². The Kier molecular flexibility index (Phi) is 6.73. The second-order valence-corrected chi connectivity index (χ2v) is 7.32. The maximum atomic E-state index is 12.7. The van der Waals surface area contributed by atoms with Gasteiger partial charge in [0.25, 0.3) is 0 Å². The van der Waals surface area contributed by atoms with Crippen LogP contribution in [-0.2, 0) is 26.0 Å². The van der Waals surface area contributed by atoms with Crippen LogP contribution in [0.3, 0.4) is 0 Å². The number of esters is 1. The van der Waals surface area contributed by atoms with Crippen LogP contribution in [0.5, 0.6) is 0 Å². The summed E-state index contributed by atoms with van der Waals surface area (Å²) in [6, 6.07) is 14.3. The lowest BCUT2D eigenvalue weighted by atomic mass is 10.1. The summed E-state index contributed by atoms with van der Waals surface area (Å²) in [5.41, 5.74) is 1.61. The van der Waals surface area contributed by atoms with E-state index in [4.69, 9.17) is 4.74 Å². The first-order valence-electron chi connectivity index (χ1n) is 8.30. The summed E-state index contributed by atoms with van der Waals surface area (Å²) >= 11 is 0. The topological polar surface area (TPSA) is 72.5 Å². The summed E-state index contributed by atoms with van der Waals surface area (Å²) in [5.74, 6) is -0.625. The van der Waals surface area contributed by atoms with Crippen LogP contribution >= 0.6 is 0 Å². The fourth-order valence-corrected chi connectivity index (χ4v) is 3.64. The number of benzene rings is 2. The van der Waals surface area contributed by atoms with Gasteiger partial charge in [0.05, 0.1) is 11.5 Å². The molecule has 0 saturated carbocycles. The van der Waals surface area contributed by atoms with Crippen molar-refractivity contribution in [2.45, 2.75) is 37.6 Å². The molecule has 1 N–H and O–H groups in total. The van der Waals surface area contributed by atoms with E-state index in [0.29, 0.717) is 5.56 Å². The van der Waals surface area contributed by atoms with Crippen LogP contribution in [0.2, 0.25) is 0 Å². The minimum Gasteiger partial charge on any atom is -0.465 e. The SMILES string of the molecule is CCCc1ccc(S(=O)(=O)NC(C(=O)OCC)c2ccccc2)cc1. The Balaban J connectivity index is 2.28. The molecule has 1 unspecified atom stereocenters. The van der Waals surface area contributed by atoms with Crippen molar-refractivity contribution in [1.29, 1.82) is 0 Å². The van der Waals surface area contributed by atoms with Gasteiger partial charge in [-0.05, 0) is 36.6 Å². The van der Waals surface area contributed by atoms with Crippen molar-refractivity contribution >= 4 is 16.0 Å². The molecular formula is C19H23NO4S. The summed E-state index contributed by atoms with van der Waals surface area (Å²) in [4.78, 5) is 12.4. The fraction of sp³-hybridized carbons (Fsp3) is 0.316. The Hall–Kier alpha value is -2.18. The zero-order valence-corrected chi connectivity index (χ0v) is 15.3. The van der Waals surface area contributed by atoms with Gasteiger partial charge in [-0.15, -0.1) is 0 Å². The Labute approximate surface area is 149 Å². The van der Waals surface area contributed by atoms with Gasteiger partial charge in [0, 0.05) is 0 Å². The van der Waals surface area contributed by atoms with E-state index < -0.39 is 22.0 Å². The number of aryl methyl sites for hydroxylation is 1. The Bertz CT molecular complexity index is 786. The van der Waals surface area contributed by atoms with Crippen molar-refractivity contribution in [2.24, 2.45) is 0 Å². The molecule has 6 heteroatoms. The number of hydrogen-bond acceptors (Lipinski definition) is 4. The van der Waals surface area contributed by atoms with E-state index in [9.17, 15) is 13.2 Å². The van der Waals surface area contributed by atoms with E-state index in [1.807, 2.05) is 0 Å². The standard InChI is InChI=1S/C19H23NO4S/c1-3-8-15-11-13-17(14-12-15)25(22,23)20-18(19(21)24-4-2)16-9-6-5-7-10-16/h5-7,9-14,18,20H,3-4,8H2,1-2H3. The third kappa shape index (κ3) is 5.14. The van der Waals surface area contributed by atoms with Crippen LogP contribution < -0.4 is 4.72 Å². The lowest BCUT2D eigenvalue weighted by molar-refractivity contribution is -0.145. The second-order valence-electron chi connectivity index (χ2n) is 5.61. The van der Waals surface area contributed by atoms with E-state index >= 15 is 0 Å². The highest BCUT2D eigenvalue weighted by molar-refractivity contribution is 7.89. The van der Waals surface area contributed by atoms with Gasteiger partial charge in [-0.1, -0.05) is 55.8 Å². The number of rotatable bonds is 8. The van der Waals surface area contributed by atoms with Crippen molar-refractivity contribution in [3.05, 3.63) is 65.7 Å². The fourth-order valence-electron chi connectivity index (χ4n) is 2.47. The van der Waals surface area contributed by atoms with Crippen LogP contribution in [0.15, 0.2) is 59.5 Å². The van der Waals surface area contributed by atoms with Gasteiger partial charge in [0.15, 0.2) is 0 Å². The molecule has 0 bridgehead atoms. The highest BCUT2D eigenvalue weighted by Gasteiger charge is 2.28. The average Bonchev–Trinajstić information content (AvgIpc) is 2.61. The second kappa shape index (κ2) is 8.78. The van der Waals surface area contributed by atoms with Crippen molar-refractivity contribution < 1.29 is 17.9 Å². The van der Waals surface area contributed by atoms with Crippen LogP contribution in [0.25, 0.3) is 0 Å². The Morgan fingerprint density at radius 2 is 1.68 bits per heavy atom. The number of ether oxygens (including phenoxy) is 1. The molecule has 2 aromatic rings. The summed E-state index contributed by atoms with van der Waals surface area (Å²) in [7, 11) is -3.85. The highest BCUT2D eigenvalue weighted by atomic mass is 32.2. The first-order valence-corrected chi connectivity index (χ1v) is 9.79. The lowest BCUT2D eigenvalue weighted by Crippen LogP contribution is -2.35. The summed E-state index contributed by atoms with van der Waals surface area (Å²) in [6.07, 6.45) is 1.88. The maximum absolute atomic E-state index is 12.7. The molecule has 2 rings (SSSR count). The zero-order chi connectivity index (χ0) is 18.3. The third-order valence-electron chi connectivity index (χ3n) is 3.70. The predicted molar refractivity (Wildman–Crippen MR) is 96.6 cm³/mol. The van der Waals surface area contributed by atoms with E-state index in [2.05, 4.69) is 11.6 Å². The molecule has 134 valence electrons. The maximum Gasteiger partial charge on any atom is 0.328 e. The van der Waals surface area contributed by atoms with E-state index in [-0.39, 0.29) is 11.5 Å². The molecule has 0 spiro atoms. The van der Waals surface area contributed by atoms with Gasteiger partial charge in [0.2, 0.25) is 10.0 Å². The minimum absolute atomic E-state index is 0.123. The normalized spacial score (nSPS) is 12.6. The van der Waals surface area contributed by atoms with Gasteiger partial charge < -0.3 is 4.74 Å². The van der Waals surface area contributed by atoms with Gasteiger partial charge in [-0.25, -0.2) is 13.2 Å². The van der Waals surface area contributed by atoms with Crippen molar-refractivity contribution in [3.63, 3.8) is 0 Å². The Morgan fingerprint density at radius 1 is 1.04 bits per heavy atom. The van der Waals surface area contributed by atoms with E-state index in [1.165, 1.54) is 0 Å². The molecule has 0 radical (unpaired) electrons. The smallest absolute Gasteiger partial charge is 0.328 e. The number of nitrogens with one attached hydrogen (secondary N) is 1. The predicted octanol–water partition coefficient (Wildman–Crippen LogP) is 3.22. The molecule has 0 aliphatic rings. The zero-order valence-electron chi connectivity index (χ0n) is 14.4. The first-order chi connectivity index (χ1) is 12.0. The van der Waals surface area contributed by atoms with Crippen LogP contribution in [-0.4, -0.2) is 21.0 Å². The van der Waals surface area contributed by atoms with Gasteiger partial charge in [0.1, 0.15) is 6.04 Å². The lowest BCUT2D eigenvalue weighted by Gasteiger charge is -2.18. The average molecular weight is 361 g/mol. The van der Waals surface area contributed by atoms with Gasteiger partial charge >= 0.3 is 5.97 Å². The summed E-state index contributed by atoms with van der Waals surface area (Å²) in [6.45, 7) is 3.92. The minimum atomic E-state index is -3.85. The first kappa shape index (κ1) is 19.1. The third-order valence-corrected chi connectivity index (χ3v) is 5.14. The summed E-state index contributed by atoms with van der Waals surface area (Å²) in [5, 5.41) is 0. The molecule has 0 aliphatic heterocycles. The molecule has 25 heavy (non-hydrogen) atoms.